The van der Waals surface area contributed by atoms with Gasteiger partial charge in [0.25, 0.3) is 0 Å². The SMILES string of the molecule is NC(=O)C1(C2CCC2)CCCCCCC1. The minimum Gasteiger partial charge on any atom is -0.369 e. The van der Waals surface area contributed by atoms with Crippen LogP contribution in [-0.2, 0) is 4.79 Å². The zero-order valence-electron chi connectivity index (χ0n) is 9.63. The molecule has 2 fully saturated rings. The topological polar surface area (TPSA) is 43.1 Å². The molecule has 0 saturated heterocycles. The highest BCUT2D eigenvalue weighted by atomic mass is 16.1. The summed E-state index contributed by atoms with van der Waals surface area (Å²) in [6.07, 6.45) is 12.3. The molecule has 2 N–H and O–H groups in total. The first-order valence-electron chi connectivity index (χ1n) is 6.56. The molecule has 0 radical (unpaired) electrons. The smallest absolute Gasteiger partial charge is 0.223 e. The summed E-state index contributed by atoms with van der Waals surface area (Å²) in [5.74, 6) is 0.613. The summed E-state index contributed by atoms with van der Waals surface area (Å²) in [7, 11) is 0. The van der Waals surface area contributed by atoms with Gasteiger partial charge in [-0.2, -0.15) is 0 Å². The second-order valence-electron chi connectivity index (χ2n) is 5.42. The van der Waals surface area contributed by atoms with Crippen LogP contribution in [0.25, 0.3) is 0 Å². The molecule has 2 nitrogen and oxygen atoms in total. The summed E-state index contributed by atoms with van der Waals surface area (Å²) < 4.78 is 0. The lowest BCUT2D eigenvalue weighted by molar-refractivity contribution is -0.135. The molecule has 2 rings (SSSR count). The zero-order chi connectivity index (χ0) is 10.7. The Hall–Kier alpha value is -0.530. The Balaban J connectivity index is 2.10. The molecule has 0 aromatic rings. The molecule has 0 atom stereocenters. The molecule has 1 amide bonds. The third kappa shape index (κ3) is 2.04. The van der Waals surface area contributed by atoms with Crippen LogP contribution in [0.2, 0.25) is 0 Å². The van der Waals surface area contributed by atoms with Gasteiger partial charge in [0.15, 0.2) is 0 Å². The van der Waals surface area contributed by atoms with E-state index in [1.165, 1.54) is 51.4 Å². The minimum atomic E-state index is -0.112. The lowest BCUT2D eigenvalue weighted by Gasteiger charge is -2.44. The van der Waals surface area contributed by atoms with E-state index in [0.29, 0.717) is 5.92 Å². The van der Waals surface area contributed by atoms with Crippen molar-refractivity contribution in [2.24, 2.45) is 17.1 Å². The van der Waals surface area contributed by atoms with E-state index in [0.717, 1.165) is 12.8 Å². The summed E-state index contributed by atoms with van der Waals surface area (Å²) in [5, 5.41) is 0. The first-order valence-corrected chi connectivity index (χ1v) is 6.56. The molecule has 2 aliphatic rings. The van der Waals surface area contributed by atoms with E-state index in [1.54, 1.807) is 0 Å². The van der Waals surface area contributed by atoms with Gasteiger partial charge >= 0.3 is 0 Å². The number of primary amides is 1. The van der Waals surface area contributed by atoms with Crippen molar-refractivity contribution in [1.29, 1.82) is 0 Å². The highest BCUT2D eigenvalue weighted by Gasteiger charge is 2.45. The molecule has 0 aromatic heterocycles. The van der Waals surface area contributed by atoms with Crippen molar-refractivity contribution in [1.82, 2.24) is 0 Å². The van der Waals surface area contributed by atoms with Gasteiger partial charge in [-0.3, -0.25) is 4.79 Å². The number of nitrogens with two attached hydrogens (primary N) is 1. The van der Waals surface area contributed by atoms with Crippen molar-refractivity contribution in [3.8, 4) is 0 Å². The Labute approximate surface area is 92.6 Å². The Morgan fingerprint density at radius 3 is 1.87 bits per heavy atom. The third-order valence-corrected chi connectivity index (χ3v) is 4.62. The monoisotopic (exact) mass is 209 g/mol. The molecule has 0 aliphatic heterocycles. The maximum atomic E-state index is 11.8. The maximum absolute atomic E-state index is 11.8. The van der Waals surface area contributed by atoms with Gasteiger partial charge < -0.3 is 5.73 Å². The largest absolute Gasteiger partial charge is 0.369 e. The van der Waals surface area contributed by atoms with Crippen LogP contribution in [0.1, 0.15) is 64.2 Å². The Morgan fingerprint density at radius 2 is 1.47 bits per heavy atom. The second kappa shape index (κ2) is 4.54. The van der Waals surface area contributed by atoms with E-state index >= 15 is 0 Å². The van der Waals surface area contributed by atoms with Crippen LogP contribution in [0.5, 0.6) is 0 Å². The van der Waals surface area contributed by atoms with Crippen molar-refractivity contribution in [2.75, 3.05) is 0 Å². The quantitative estimate of drug-likeness (QED) is 0.746. The van der Waals surface area contributed by atoms with Crippen LogP contribution in [-0.4, -0.2) is 5.91 Å². The van der Waals surface area contributed by atoms with E-state index in [2.05, 4.69) is 0 Å². The zero-order valence-corrected chi connectivity index (χ0v) is 9.63. The van der Waals surface area contributed by atoms with Gasteiger partial charge in [-0.15, -0.1) is 0 Å². The van der Waals surface area contributed by atoms with Gasteiger partial charge in [0.05, 0.1) is 5.41 Å². The van der Waals surface area contributed by atoms with Gasteiger partial charge in [-0.1, -0.05) is 38.5 Å². The molecule has 0 aromatic carbocycles. The molecule has 0 heterocycles. The average Bonchev–Trinajstić information content (AvgIpc) is 2.05. The summed E-state index contributed by atoms with van der Waals surface area (Å²) in [6, 6.07) is 0. The fourth-order valence-electron chi connectivity index (χ4n) is 3.35. The summed E-state index contributed by atoms with van der Waals surface area (Å²) >= 11 is 0. The van der Waals surface area contributed by atoms with Crippen LogP contribution in [0.4, 0.5) is 0 Å². The number of rotatable bonds is 2. The average molecular weight is 209 g/mol. The first-order chi connectivity index (χ1) is 7.26. The van der Waals surface area contributed by atoms with Gasteiger partial charge in [-0.05, 0) is 31.6 Å². The molecular formula is C13H23NO. The van der Waals surface area contributed by atoms with Crippen molar-refractivity contribution < 1.29 is 4.79 Å². The van der Waals surface area contributed by atoms with Gasteiger partial charge in [0.2, 0.25) is 5.91 Å². The molecule has 2 heteroatoms. The fourth-order valence-corrected chi connectivity index (χ4v) is 3.35. The molecular weight excluding hydrogens is 186 g/mol. The molecule has 15 heavy (non-hydrogen) atoms. The lowest BCUT2D eigenvalue weighted by Crippen LogP contribution is -2.46. The standard InChI is InChI=1S/C13H23NO/c14-12(15)13(11-7-6-8-11)9-4-2-1-3-5-10-13/h11H,1-10H2,(H2,14,15). The molecule has 0 unspecified atom stereocenters. The number of hydrogen-bond acceptors (Lipinski definition) is 1. The third-order valence-electron chi connectivity index (χ3n) is 4.62. The summed E-state index contributed by atoms with van der Waals surface area (Å²) in [4.78, 5) is 11.8. The number of carbonyl (C=O) groups excluding carboxylic acids is 1. The minimum absolute atomic E-state index is 0.00546. The first kappa shape index (κ1) is 11.0. The van der Waals surface area contributed by atoms with Crippen molar-refractivity contribution in [2.45, 2.75) is 64.2 Å². The van der Waals surface area contributed by atoms with E-state index in [1.807, 2.05) is 0 Å². The predicted octanol–water partition coefficient (Wildman–Crippen LogP) is 3.00. The van der Waals surface area contributed by atoms with E-state index in [-0.39, 0.29) is 11.3 Å². The molecule has 86 valence electrons. The molecule has 0 bridgehead atoms. The Bertz CT molecular complexity index is 225. The highest BCUT2D eigenvalue weighted by molar-refractivity contribution is 5.81. The number of amides is 1. The van der Waals surface area contributed by atoms with Gasteiger partial charge in [0.1, 0.15) is 0 Å². The maximum Gasteiger partial charge on any atom is 0.223 e. The van der Waals surface area contributed by atoms with Crippen molar-refractivity contribution in [3.63, 3.8) is 0 Å². The van der Waals surface area contributed by atoms with Crippen LogP contribution in [0.3, 0.4) is 0 Å². The van der Waals surface area contributed by atoms with Crippen LogP contribution in [0, 0.1) is 11.3 Å². The lowest BCUT2D eigenvalue weighted by atomic mass is 9.60. The van der Waals surface area contributed by atoms with Crippen LogP contribution >= 0.6 is 0 Å². The normalized spacial score (nSPS) is 27.5. The van der Waals surface area contributed by atoms with Crippen LogP contribution in [0.15, 0.2) is 0 Å². The van der Waals surface area contributed by atoms with Crippen LogP contribution < -0.4 is 5.73 Å². The van der Waals surface area contributed by atoms with Gasteiger partial charge in [0, 0.05) is 0 Å². The van der Waals surface area contributed by atoms with E-state index in [9.17, 15) is 4.79 Å². The highest BCUT2D eigenvalue weighted by Crippen LogP contribution is 2.49. The number of hydrogen-bond donors (Lipinski definition) is 1. The molecule has 0 spiro atoms. The van der Waals surface area contributed by atoms with Crippen molar-refractivity contribution >= 4 is 5.91 Å². The Kier molecular flexibility index (Phi) is 3.32. The molecule has 2 aliphatic carbocycles. The second-order valence-corrected chi connectivity index (χ2v) is 5.42. The van der Waals surface area contributed by atoms with E-state index in [4.69, 9.17) is 5.73 Å². The Morgan fingerprint density at radius 1 is 0.933 bits per heavy atom. The van der Waals surface area contributed by atoms with E-state index < -0.39 is 0 Å². The molecule has 2 saturated carbocycles. The predicted molar refractivity (Wildman–Crippen MR) is 61.3 cm³/mol. The fraction of sp³-hybridized carbons (Fsp3) is 0.923. The van der Waals surface area contributed by atoms with Crippen molar-refractivity contribution in [3.05, 3.63) is 0 Å². The summed E-state index contributed by atoms with van der Waals surface area (Å²) in [5.41, 5.74) is 5.58. The number of carbonyl (C=O) groups is 1. The summed E-state index contributed by atoms with van der Waals surface area (Å²) in [6.45, 7) is 0. The van der Waals surface area contributed by atoms with Gasteiger partial charge in [-0.25, -0.2) is 0 Å².